The Morgan fingerprint density at radius 1 is 1.60 bits per heavy atom. The van der Waals surface area contributed by atoms with Crippen LogP contribution in [0.1, 0.15) is 6.42 Å². The van der Waals surface area contributed by atoms with Gasteiger partial charge in [0, 0.05) is 18.2 Å². The molecule has 2 atom stereocenters. The number of nitrogens with two attached hydrogens (primary N) is 1. The second-order valence-electron chi connectivity index (χ2n) is 2.46. The lowest BCUT2D eigenvalue weighted by molar-refractivity contribution is 0.608. The average Bonchev–Trinajstić information content (AvgIpc) is 2.05. The number of nitrogens with one attached hydrogen (secondary N) is 1. The van der Waals surface area contributed by atoms with Gasteiger partial charge in [0.25, 0.3) is 0 Å². The zero-order chi connectivity index (χ0) is 7.40. The van der Waals surface area contributed by atoms with Crippen molar-refractivity contribution in [1.29, 1.82) is 5.41 Å². The molecule has 54 valence electrons. The zero-order valence-electron chi connectivity index (χ0n) is 5.83. The summed E-state index contributed by atoms with van der Waals surface area (Å²) in [5.41, 5.74) is 5.62. The van der Waals surface area contributed by atoms with Crippen LogP contribution in [-0.2, 0) is 0 Å². The third-order valence-corrected chi connectivity index (χ3v) is 1.70. The summed E-state index contributed by atoms with van der Waals surface area (Å²) in [4.78, 5) is 0. The van der Waals surface area contributed by atoms with Crippen molar-refractivity contribution in [2.75, 3.05) is 0 Å². The molecule has 1 rings (SSSR count). The lowest BCUT2D eigenvalue weighted by Gasteiger charge is -2.16. The van der Waals surface area contributed by atoms with E-state index in [4.69, 9.17) is 11.1 Å². The second kappa shape index (κ2) is 3.32. The Balaban J connectivity index is 2.50. The van der Waals surface area contributed by atoms with Gasteiger partial charge in [-0.05, 0) is 6.42 Å². The number of hydrogen-bond donors (Lipinski definition) is 2. The standard InChI is InChI=1S/C8H12N2/c9-6-8(10)7-4-2-1-3-5-7/h1-4,6-9H,5,10H2. The first-order chi connectivity index (χ1) is 4.84. The monoisotopic (exact) mass is 136 g/mol. The SMILES string of the molecule is N=CC(N)C1C=CC=CC1. The highest BCUT2D eigenvalue weighted by atomic mass is 14.7. The average molecular weight is 136 g/mol. The van der Waals surface area contributed by atoms with Crippen LogP contribution < -0.4 is 5.73 Å². The third kappa shape index (κ3) is 1.54. The predicted molar refractivity (Wildman–Crippen MR) is 43.1 cm³/mol. The zero-order valence-corrected chi connectivity index (χ0v) is 5.83. The number of allylic oxidation sites excluding steroid dienone is 3. The van der Waals surface area contributed by atoms with Crippen LogP contribution in [0.5, 0.6) is 0 Å². The van der Waals surface area contributed by atoms with Crippen LogP contribution in [-0.4, -0.2) is 12.3 Å². The summed E-state index contributed by atoms with van der Waals surface area (Å²) in [6.45, 7) is 0. The fourth-order valence-electron chi connectivity index (χ4n) is 1.01. The van der Waals surface area contributed by atoms with Gasteiger partial charge in [-0.3, -0.25) is 0 Å². The molecule has 0 aromatic rings. The van der Waals surface area contributed by atoms with E-state index in [2.05, 4.69) is 12.2 Å². The van der Waals surface area contributed by atoms with Crippen molar-refractivity contribution in [3.05, 3.63) is 24.3 Å². The molecule has 0 amide bonds. The molecule has 1 aliphatic rings. The Labute approximate surface area is 60.9 Å². The third-order valence-electron chi connectivity index (χ3n) is 1.70. The summed E-state index contributed by atoms with van der Waals surface area (Å²) in [5.74, 6) is 0.336. The molecule has 1 aliphatic carbocycles. The van der Waals surface area contributed by atoms with E-state index >= 15 is 0 Å². The van der Waals surface area contributed by atoms with Gasteiger partial charge < -0.3 is 11.1 Å². The van der Waals surface area contributed by atoms with Gasteiger partial charge in [0.2, 0.25) is 0 Å². The van der Waals surface area contributed by atoms with Gasteiger partial charge in [-0.1, -0.05) is 24.3 Å². The normalized spacial score (nSPS) is 26.3. The smallest absolute Gasteiger partial charge is 0.0459 e. The number of rotatable bonds is 2. The van der Waals surface area contributed by atoms with Gasteiger partial charge in [-0.2, -0.15) is 0 Å². The molecule has 0 aromatic carbocycles. The van der Waals surface area contributed by atoms with Gasteiger partial charge in [0.1, 0.15) is 0 Å². The molecule has 0 spiro atoms. The van der Waals surface area contributed by atoms with E-state index in [1.807, 2.05) is 12.2 Å². The summed E-state index contributed by atoms with van der Waals surface area (Å²) < 4.78 is 0. The van der Waals surface area contributed by atoms with Crippen molar-refractivity contribution in [2.24, 2.45) is 11.7 Å². The van der Waals surface area contributed by atoms with Crippen LogP contribution in [0, 0.1) is 11.3 Å². The van der Waals surface area contributed by atoms with E-state index in [1.54, 1.807) is 0 Å². The van der Waals surface area contributed by atoms with Crippen LogP contribution in [0.4, 0.5) is 0 Å². The highest BCUT2D eigenvalue weighted by Gasteiger charge is 2.11. The lowest BCUT2D eigenvalue weighted by Crippen LogP contribution is -2.30. The molecular formula is C8H12N2. The Morgan fingerprint density at radius 2 is 2.40 bits per heavy atom. The summed E-state index contributed by atoms with van der Waals surface area (Å²) in [6.07, 6.45) is 10.4. The fourth-order valence-corrected chi connectivity index (χ4v) is 1.01. The van der Waals surface area contributed by atoms with Crippen molar-refractivity contribution < 1.29 is 0 Å². The van der Waals surface area contributed by atoms with Crippen LogP contribution >= 0.6 is 0 Å². The Hall–Kier alpha value is -0.890. The molecule has 0 radical (unpaired) electrons. The van der Waals surface area contributed by atoms with Gasteiger partial charge >= 0.3 is 0 Å². The Bertz CT molecular complexity index is 170. The molecule has 0 bridgehead atoms. The highest BCUT2D eigenvalue weighted by molar-refractivity contribution is 5.61. The predicted octanol–water partition coefficient (Wildman–Crippen LogP) is 1.10. The summed E-state index contributed by atoms with van der Waals surface area (Å²) in [5, 5.41) is 6.94. The Morgan fingerprint density at radius 3 is 2.90 bits per heavy atom. The summed E-state index contributed by atoms with van der Waals surface area (Å²) in [6, 6.07) is -0.110. The molecule has 10 heavy (non-hydrogen) atoms. The maximum absolute atomic E-state index is 6.94. The van der Waals surface area contributed by atoms with Crippen molar-refractivity contribution in [3.8, 4) is 0 Å². The lowest BCUT2D eigenvalue weighted by atomic mass is 9.94. The van der Waals surface area contributed by atoms with Crippen molar-refractivity contribution >= 4 is 6.21 Å². The number of hydrogen-bond acceptors (Lipinski definition) is 2. The molecule has 2 unspecified atom stereocenters. The molecule has 3 N–H and O–H groups in total. The first kappa shape index (κ1) is 7.22. The van der Waals surface area contributed by atoms with Crippen molar-refractivity contribution in [1.82, 2.24) is 0 Å². The maximum Gasteiger partial charge on any atom is 0.0459 e. The van der Waals surface area contributed by atoms with Crippen molar-refractivity contribution in [2.45, 2.75) is 12.5 Å². The molecule has 0 heterocycles. The fraction of sp³-hybridized carbons (Fsp3) is 0.375. The van der Waals surface area contributed by atoms with Gasteiger partial charge in [-0.15, -0.1) is 0 Å². The second-order valence-corrected chi connectivity index (χ2v) is 2.46. The molecule has 2 heteroatoms. The van der Waals surface area contributed by atoms with Gasteiger partial charge in [-0.25, -0.2) is 0 Å². The van der Waals surface area contributed by atoms with E-state index in [0.717, 1.165) is 6.42 Å². The molecule has 0 aromatic heterocycles. The summed E-state index contributed by atoms with van der Waals surface area (Å²) in [7, 11) is 0. The van der Waals surface area contributed by atoms with Crippen LogP contribution in [0.15, 0.2) is 24.3 Å². The summed E-state index contributed by atoms with van der Waals surface area (Å²) >= 11 is 0. The van der Waals surface area contributed by atoms with Crippen LogP contribution in [0.25, 0.3) is 0 Å². The highest BCUT2D eigenvalue weighted by Crippen LogP contribution is 2.12. The molecule has 0 aliphatic heterocycles. The Kier molecular flexibility index (Phi) is 2.40. The minimum Gasteiger partial charge on any atom is -0.323 e. The largest absolute Gasteiger partial charge is 0.323 e. The van der Waals surface area contributed by atoms with Crippen LogP contribution in [0.2, 0.25) is 0 Å². The van der Waals surface area contributed by atoms with E-state index in [1.165, 1.54) is 6.21 Å². The molecule has 0 fully saturated rings. The molecule has 2 nitrogen and oxygen atoms in total. The van der Waals surface area contributed by atoms with E-state index in [-0.39, 0.29) is 6.04 Å². The van der Waals surface area contributed by atoms with Gasteiger partial charge in [0.05, 0.1) is 0 Å². The first-order valence-corrected chi connectivity index (χ1v) is 3.44. The van der Waals surface area contributed by atoms with E-state index < -0.39 is 0 Å². The first-order valence-electron chi connectivity index (χ1n) is 3.44. The van der Waals surface area contributed by atoms with Crippen molar-refractivity contribution in [3.63, 3.8) is 0 Å². The van der Waals surface area contributed by atoms with E-state index in [9.17, 15) is 0 Å². The minimum absolute atomic E-state index is 0.110. The van der Waals surface area contributed by atoms with Crippen LogP contribution in [0.3, 0.4) is 0 Å². The molecule has 0 saturated carbocycles. The maximum atomic E-state index is 6.94. The van der Waals surface area contributed by atoms with Gasteiger partial charge in [0.15, 0.2) is 0 Å². The molecular weight excluding hydrogens is 124 g/mol. The quantitative estimate of drug-likeness (QED) is 0.548. The molecule has 0 saturated heterocycles. The minimum atomic E-state index is -0.110. The topological polar surface area (TPSA) is 49.9 Å². The van der Waals surface area contributed by atoms with E-state index in [0.29, 0.717) is 5.92 Å².